The SMILES string of the molecule is Nc1cc(F)ccc1S(=O)(=O)NCC1CCSCC1. The summed E-state index contributed by atoms with van der Waals surface area (Å²) in [6.45, 7) is 0.416. The van der Waals surface area contributed by atoms with E-state index in [4.69, 9.17) is 5.73 Å². The highest BCUT2D eigenvalue weighted by atomic mass is 32.2. The molecule has 1 aromatic rings. The molecule has 0 radical (unpaired) electrons. The van der Waals surface area contributed by atoms with Gasteiger partial charge in [0.2, 0.25) is 10.0 Å². The van der Waals surface area contributed by atoms with E-state index in [2.05, 4.69) is 4.72 Å². The lowest BCUT2D eigenvalue weighted by Crippen LogP contribution is -2.31. The van der Waals surface area contributed by atoms with E-state index in [1.165, 1.54) is 6.07 Å². The van der Waals surface area contributed by atoms with Gasteiger partial charge in [0, 0.05) is 6.54 Å². The molecule has 106 valence electrons. The molecular formula is C12H17FN2O2S2. The van der Waals surface area contributed by atoms with Gasteiger partial charge in [0.05, 0.1) is 5.69 Å². The normalized spacial score (nSPS) is 17.5. The molecule has 0 saturated carbocycles. The summed E-state index contributed by atoms with van der Waals surface area (Å²) >= 11 is 1.89. The fraction of sp³-hybridized carbons (Fsp3) is 0.500. The summed E-state index contributed by atoms with van der Waals surface area (Å²) in [5.41, 5.74) is 5.49. The number of nitrogen functional groups attached to an aromatic ring is 1. The number of halogens is 1. The van der Waals surface area contributed by atoms with Crippen molar-refractivity contribution >= 4 is 27.5 Å². The number of hydrogen-bond acceptors (Lipinski definition) is 4. The predicted octanol–water partition coefficient (Wildman–Crippen LogP) is 1.83. The van der Waals surface area contributed by atoms with Gasteiger partial charge in [0.1, 0.15) is 10.7 Å². The second-order valence-electron chi connectivity index (χ2n) is 4.59. The average Bonchev–Trinajstić information content (AvgIpc) is 2.37. The first kappa shape index (κ1) is 14.6. The first-order valence-electron chi connectivity index (χ1n) is 6.11. The van der Waals surface area contributed by atoms with Crippen LogP contribution >= 0.6 is 11.8 Å². The van der Waals surface area contributed by atoms with E-state index in [1.807, 2.05) is 11.8 Å². The van der Waals surface area contributed by atoms with Gasteiger partial charge >= 0.3 is 0 Å². The van der Waals surface area contributed by atoms with Gasteiger partial charge in [-0.05, 0) is 48.5 Å². The van der Waals surface area contributed by atoms with Crippen LogP contribution in [0.5, 0.6) is 0 Å². The van der Waals surface area contributed by atoms with E-state index in [-0.39, 0.29) is 10.6 Å². The molecule has 0 unspecified atom stereocenters. The molecule has 19 heavy (non-hydrogen) atoms. The molecule has 1 aromatic carbocycles. The molecule has 1 aliphatic heterocycles. The number of rotatable bonds is 4. The Morgan fingerprint density at radius 1 is 1.37 bits per heavy atom. The van der Waals surface area contributed by atoms with Crippen molar-refractivity contribution in [3.05, 3.63) is 24.0 Å². The van der Waals surface area contributed by atoms with Crippen LogP contribution in [0.25, 0.3) is 0 Å². The number of hydrogen-bond donors (Lipinski definition) is 2. The largest absolute Gasteiger partial charge is 0.398 e. The highest BCUT2D eigenvalue weighted by Gasteiger charge is 2.21. The van der Waals surface area contributed by atoms with Crippen molar-refractivity contribution in [3.8, 4) is 0 Å². The van der Waals surface area contributed by atoms with Crippen molar-refractivity contribution in [3.63, 3.8) is 0 Å². The Balaban J connectivity index is 2.05. The Bertz CT molecular complexity index is 543. The minimum Gasteiger partial charge on any atom is -0.398 e. The first-order valence-corrected chi connectivity index (χ1v) is 8.75. The molecule has 0 spiro atoms. The molecular weight excluding hydrogens is 287 g/mol. The van der Waals surface area contributed by atoms with Gasteiger partial charge in [-0.1, -0.05) is 0 Å². The molecule has 0 aromatic heterocycles. The monoisotopic (exact) mass is 304 g/mol. The van der Waals surface area contributed by atoms with Crippen LogP contribution in [0, 0.1) is 11.7 Å². The molecule has 7 heteroatoms. The van der Waals surface area contributed by atoms with E-state index in [0.29, 0.717) is 12.5 Å². The molecule has 0 atom stereocenters. The van der Waals surface area contributed by atoms with E-state index in [9.17, 15) is 12.8 Å². The second kappa shape index (κ2) is 6.11. The van der Waals surface area contributed by atoms with Gasteiger partial charge in [0.15, 0.2) is 0 Å². The van der Waals surface area contributed by atoms with Crippen molar-refractivity contribution in [1.82, 2.24) is 4.72 Å². The summed E-state index contributed by atoms with van der Waals surface area (Å²) in [6.07, 6.45) is 2.04. The Labute approximate surface area is 117 Å². The zero-order chi connectivity index (χ0) is 13.9. The average molecular weight is 304 g/mol. The predicted molar refractivity (Wildman–Crippen MR) is 76.0 cm³/mol. The van der Waals surface area contributed by atoms with Gasteiger partial charge < -0.3 is 5.73 Å². The number of thioether (sulfide) groups is 1. The van der Waals surface area contributed by atoms with Crippen molar-refractivity contribution in [1.29, 1.82) is 0 Å². The summed E-state index contributed by atoms with van der Waals surface area (Å²) in [6, 6.07) is 3.32. The minimum atomic E-state index is -3.66. The summed E-state index contributed by atoms with van der Waals surface area (Å²) < 4.78 is 39.7. The van der Waals surface area contributed by atoms with Gasteiger partial charge in [0.25, 0.3) is 0 Å². The highest BCUT2D eigenvalue weighted by Crippen LogP contribution is 2.23. The Hall–Kier alpha value is -0.790. The van der Waals surface area contributed by atoms with E-state index in [1.54, 1.807) is 0 Å². The molecule has 0 bridgehead atoms. The number of anilines is 1. The quantitative estimate of drug-likeness (QED) is 0.833. The lowest BCUT2D eigenvalue weighted by Gasteiger charge is -2.21. The van der Waals surface area contributed by atoms with Crippen LogP contribution in [-0.2, 0) is 10.0 Å². The molecule has 4 nitrogen and oxygen atoms in total. The minimum absolute atomic E-state index is 0.0564. The smallest absolute Gasteiger partial charge is 0.242 e. The van der Waals surface area contributed by atoms with Crippen molar-refractivity contribution in [2.45, 2.75) is 17.7 Å². The first-order chi connectivity index (χ1) is 8.99. The van der Waals surface area contributed by atoms with Gasteiger partial charge in [-0.25, -0.2) is 17.5 Å². The van der Waals surface area contributed by atoms with E-state index >= 15 is 0 Å². The van der Waals surface area contributed by atoms with Crippen molar-refractivity contribution < 1.29 is 12.8 Å². The Morgan fingerprint density at radius 3 is 2.68 bits per heavy atom. The fourth-order valence-electron chi connectivity index (χ4n) is 2.02. The van der Waals surface area contributed by atoms with Crippen LogP contribution in [-0.4, -0.2) is 26.5 Å². The zero-order valence-electron chi connectivity index (χ0n) is 10.4. The Kier molecular flexibility index (Phi) is 4.70. The third kappa shape index (κ3) is 3.84. The van der Waals surface area contributed by atoms with Crippen molar-refractivity contribution in [2.75, 3.05) is 23.8 Å². The van der Waals surface area contributed by atoms with Crippen molar-refractivity contribution in [2.24, 2.45) is 5.92 Å². The number of benzene rings is 1. The Morgan fingerprint density at radius 2 is 2.05 bits per heavy atom. The standard InChI is InChI=1S/C12H17FN2O2S2/c13-10-1-2-12(11(14)7-10)19(16,17)15-8-9-3-5-18-6-4-9/h1-2,7,9,15H,3-6,8,14H2. The molecule has 2 rings (SSSR count). The van der Waals surface area contributed by atoms with Crippen LogP contribution < -0.4 is 10.5 Å². The second-order valence-corrected chi connectivity index (χ2v) is 7.55. The maximum atomic E-state index is 12.9. The molecule has 1 aliphatic rings. The summed E-state index contributed by atoms with van der Waals surface area (Å²) in [7, 11) is -3.66. The van der Waals surface area contributed by atoms with Crippen LogP contribution in [0.1, 0.15) is 12.8 Å². The van der Waals surface area contributed by atoms with Crippen LogP contribution in [0.15, 0.2) is 23.1 Å². The van der Waals surface area contributed by atoms with Gasteiger partial charge in [-0.15, -0.1) is 0 Å². The maximum absolute atomic E-state index is 12.9. The summed E-state index contributed by atoms with van der Waals surface area (Å²) in [5, 5.41) is 0. The third-order valence-electron chi connectivity index (χ3n) is 3.16. The molecule has 1 saturated heterocycles. The summed E-state index contributed by atoms with van der Waals surface area (Å²) in [4.78, 5) is -0.0564. The molecule has 3 N–H and O–H groups in total. The highest BCUT2D eigenvalue weighted by molar-refractivity contribution is 7.99. The fourth-order valence-corrected chi connectivity index (χ4v) is 4.45. The third-order valence-corrected chi connectivity index (χ3v) is 5.71. The molecule has 1 fully saturated rings. The maximum Gasteiger partial charge on any atom is 0.242 e. The number of sulfonamides is 1. The lowest BCUT2D eigenvalue weighted by atomic mass is 10.0. The molecule has 0 amide bonds. The number of nitrogens with one attached hydrogen (secondary N) is 1. The van der Waals surface area contributed by atoms with E-state index < -0.39 is 15.8 Å². The van der Waals surface area contributed by atoms with Crippen LogP contribution in [0.3, 0.4) is 0 Å². The van der Waals surface area contributed by atoms with E-state index in [0.717, 1.165) is 36.5 Å². The summed E-state index contributed by atoms with van der Waals surface area (Å²) in [5.74, 6) is 1.98. The van der Waals surface area contributed by atoms with Gasteiger partial charge in [-0.3, -0.25) is 0 Å². The van der Waals surface area contributed by atoms with Gasteiger partial charge in [-0.2, -0.15) is 11.8 Å². The molecule has 0 aliphatic carbocycles. The molecule has 1 heterocycles. The number of nitrogens with two attached hydrogens (primary N) is 1. The van der Waals surface area contributed by atoms with Crippen LogP contribution in [0.4, 0.5) is 10.1 Å². The van der Waals surface area contributed by atoms with Crippen LogP contribution in [0.2, 0.25) is 0 Å². The lowest BCUT2D eigenvalue weighted by molar-refractivity contribution is 0.476. The topological polar surface area (TPSA) is 72.2 Å². The zero-order valence-corrected chi connectivity index (χ0v) is 12.1.